The molecule has 3 heteroatoms. The molecule has 0 fully saturated rings. The summed E-state index contributed by atoms with van der Waals surface area (Å²) in [7, 11) is 0. The molecule has 0 radical (unpaired) electrons. The second kappa shape index (κ2) is 15.8. The topological polar surface area (TPSA) is 21.7 Å². The maximum Gasteiger partial charge on any atom is 0.131 e. The first-order valence-corrected chi connectivity index (χ1v) is 23.2. The van der Waals surface area contributed by atoms with Crippen molar-refractivity contribution in [3.05, 3.63) is 247 Å². The second-order valence-electron chi connectivity index (χ2n) is 18.9. The minimum absolute atomic E-state index is 0.195. The Labute approximate surface area is 393 Å². The van der Waals surface area contributed by atoms with Gasteiger partial charge in [-0.15, -0.1) is 0 Å². The third kappa shape index (κ3) is 6.89. The molecule has 2 aliphatic heterocycles. The monoisotopic (exact) mass is 863 g/mol. The molecular weight excluding hydrogens is 815 g/mol. The number of hydrogen-bond donors (Lipinski definition) is 0. The van der Waals surface area contributed by atoms with Crippen molar-refractivity contribution in [2.45, 2.75) is 38.5 Å². The van der Waals surface area contributed by atoms with Gasteiger partial charge in [-0.3, -0.25) is 0 Å². The van der Waals surface area contributed by atoms with Crippen LogP contribution < -0.4 is 14.4 Å². The highest BCUT2D eigenvalue weighted by atomic mass is 16.5. The van der Waals surface area contributed by atoms with Crippen LogP contribution in [-0.2, 0) is 10.8 Å². The Hall–Kier alpha value is -8.14. The highest BCUT2D eigenvalue weighted by Crippen LogP contribution is 2.51. The van der Waals surface area contributed by atoms with Gasteiger partial charge in [0.05, 0.1) is 0 Å². The van der Waals surface area contributed by atoms with E-state index in [0.29, 0.717) is 0 Å². The van der Waals surface area contributed by atoms with Gasteiger partial charge >= 0.3 is 0 Å². The lowest BCUT2D eigenvalue weighted by molar-refractivity contribution is 0.418. The fourth-order valence-electron chi connectivity index (χ4n) is 10.5. The molecule has 0 bridgehead atoms. The van der Waals surface area contributed by atoms with E-state index in [1.165, 1.54) is 55.3 Å². The molecule has 0 spiro atoms. The van der Waals surface area contributed by atoms with Gasteiger partial charge < -0.3 is 14.4 Å². The van der Waals surface area contributed by atoms with Crippen LogP contribution in [0.3, 0.4) is 0 Å². The normalized spacial score (nSPS) is 13.9. The molecule has 10 aromatic carbocycles. The summed E-state index contributed by atoms with van der Waals surface area (Å²) in [5, 5.41) is 2.49. The van der Waals surface area contributed by atoms with Gasteiger partial charge in [0.2, 0.25) is 0 Å². The maximum atomic E-state index is 6.41. The summed E-state index contributed by atoms with van der Waals surface area (Å²) >= 11 is 0. The standard InChI is InChI=1S/C64H49NO2/c1-63(2)55-20-9-11-22-59(55)66-61-38-30-46(40-57(61)63)42-24-32-48(33-25-42)65(49-34-26-43(27-35-49)47-31-39-62-58(41-47)64(3,4)56-21-10-12-23-60(56)67-62)50-36-28-45(29-37-50)52-17-7-8-18-53(52)54-19-13-15-44-14-5-6-16-51(44)54/h5-41H,1-4H3. The summed E-state index contributed by atoms with van der Waals surface area (Å²) in [6.45, 7) is 9.15. The smallest absolute Gasteiger partial charge is 0.131 e. The highest BCUT2D eigenvalue weighted by molar-refractivity contribution is 6.00. The van der Waals surface area contributed by atoms with E-state index >= 15 is 0 Å². The predicted molar refractivity (Wildman–Crippen MR) is 278 cm³/mol. The Morgan fingerprint density at radius 2 is 0.687 bits per heavy atom. The van der Waals surface area contributed by atoms with Crippen molar-refractivity contribution in [1.29, 1.82) is 0 Å². The van der Waals surface area contributed by atoms with Crippen molar-refractivity contribution < 1.29 is 9.47 Å². The van der Waals surface area contributed by atoms with Crippen molar-refractivity contribution in [1.82, 2.24) is 0 Å². The van der Waals surface area contributed by atoms with Crippen LogP contribution in [0, 0.1) is 0 Å². The Bertz CT molecular complexity index is 3350. The number of hydrogen-bond acceptors (Lipinski definition) is 3. The average Bonchev–Trinajstić information content (AvgIpc) is 3.37. The Kier molecular flexibility index (Phi) is 9.51. The van der Waals surface area contributed by atoms with Gasteiger partial charge in [0.15, 0.2) is 0 Å². The van der Waals surface area contributed by atoms with Crippen LogP contribution in [-0.4, -0.2) is 0 Å². The highest BCUT2D eigenvalue weighted by Gasteiger charge is 2.35. The first-order valence-electron chi connectivity index (χ1n) is 23.2. The molecule has 2 aliphatic rings. The molecule has 0 atom stereocenters. The van der Waals surface area contributed by atoms with Gasteiger partial charge in [-0.1, -0.05) is 179 Å². The minimum atomic E-state index is -0.195. The van der Waals surface area contributed by atoms with Gasteiger partial charge in [-0.25, -0.2) is 0 Å². The Morgan fingerprint density at radius 3 is 1.22 bits per heavy atom. The molecule has 0 saturated heterocycles. The number of nitrogens with zero attached hydrogens (tertiary/aromatic N) is 1. The first kappa shape index (κ1) is 40.4. The molecule has 10 aromatic rings. The number of fused-ring (bicyclic) bond motifs is 5. The van der Waals surface area contributed by atoms with Crippen molar-refractivity contribution in [2.24, 2.45) is 0 Å². The summed E-state index contributed by atoms with van der Waals surface area (Å²) in [6, 6.07) is 80.9. The summed E-state index contributed by atoms with van der Waals surface area (Å²) in [4.78, 5) is 2.36. The predicted octanol–water partition coefficient (Wildman–Crippen LogP) is 17.8. The fourth-order valence-corrected chi connectivity index (χ4v) is 10.5. The Balaban J connectivity index is 0.911. The van der Waals surface area contributed by atoms with Gasteiger partial charge in [0.25, 0.3) is 0 Å². The lowest BCUT2D eigenvalue weighted by Gasteiger charge is -2.34. The second-order valence-corrected chi connectivity index (χ2v) is 18.9. The molecule has 0 saturated carbocycles. The van der Waals surface area contributed by atoms with E-state index in [0.717, 1.165) is 62.3 Å². The van der Waals surface area contributed by atoms with E-state index in [-0.39, 0.29) is 10.8 Å². The van der Waals surface area contributed by atoms with E-state index in [9.17, 15) is 0 Å². The van der Waals surface area contributed by atoms with E-state index < -0.39 is 0 Å². The first-order chi connectivity index (χ1) is 32.7. The summed E-state index contributed by atoms with van der Waals surface area (Å²) in [6.07, 6.45) is 0. The van der Waals surface area contributed by atoms with Crippen LogP contribution in [0.1, 0.15) is 49.9 Å². The molecule has 0 N–H and O–H groups in total. The van der Waals surface area contributed by atoms with Gasteiger partial charge in [-0.05, 0) is 128 Å². The minimum Gasteiger partial charge on any atom is -0.457 e. The van der Waals surface area contributed by atoms with Crippen molar-refractivity contribution in [3.8, 4) is 67.5 Å². The number of rotatable bonds is 7. The van der Waals surface area contributed by atoms with Crippen molar-refractivity contribution in [3.63, 3.8) is 0 Å². The molecule has 3 nitrogen and oxygen atoms in total. The lowest BCUT2D eigenvalue weighted by atomic mass is 9.75. The molecule has 67 heavy (non-hydrogen) atoms. The number of anilines is 3. The molecule has 0 aliphatic carbocycles. The van der Waals surface area contributed by atoms with E-state index in [1.807, 2.05) is 12.1 Å². The average molecular weight is 864 g/mol. The maximum absolute atomic E-state index is 6.41. The van der Waals surface area contributed by atoms with E-state index in [4.69, 9.17) is 9.47 Å². The summed E-state index contributed by atoms with van der Waals surface area (Å²) in [5.74, 6) is 3.69. The molecule has 0 aromatic heterocycles. The van der Waals surface area contributed by atoms with Crippen LogP contribution in [0.2, 0.25) is 0 Å². The number of para-hydroxylation sites is 2. The summed E-state index contributed by atoms with van der Waals surface area (Å²) in [5.41, 5.74) is 17.1. The van der Waals surface area contributed by atoms with Gasteiger partial charge in [0, 0.05) is 50.1 Å². The van der Waals surface area contributed by atoms with Crippen LogP contribution >= 0.6 is 0 Å². The van der Waals surface area contributed by atoms with Gasteiger partial charge in [-0.2, -0.15) is 0 Å². The fraction of sp³-hybridized carbons (Fsp3) is 0.0938. The van der Waals surface area contributed by atoms with E-state index in [2.05, 4.69) is 245 Å². The molecule has 0 amide bonds. The number of benzene rings is 10. The molecule has 12 rings (SSSR count). The molecule has 322 valence electrons. The third-order valence-electron chi connectivity index (χ3n) is 14.2. The third-order valence-corrected chi connectivity index (χ3v) is 14.2. The lowest BCUT2D eigenvalue weighted by Crippen LogP contribution is -2.24. The summed E-state index contributed by atoms with van der Waals surface area (Å²) < 4.78 is 12.8. The van der Waals surface area contributed by atoms with Crippen LogP contribution in [0.15, 0.2) is 224 Å². The Morgan fingerprint density at radius 1 is 0.299 bits per heavy atom. The quantitative estimate of drug-likeness (QED) is 0.159. The van der Waals surface area contributed by atoms with Crippen LogP contribution in [0.5, 0.6) is 23.0 Å². The zero-order chi connectivity index (χ0) is 45.3. The number of ether oxygens (including phenoxy) is 2. The zero-order valence-corrected chi connectivity index (χ0v) is 38.1. The van der Waals surface area contributed by atoms with Crippen molar-refractivity contribution in [2.75, 3.05) is 4.90 Å². The molecular formula is C64H49NO2. The van der Waals surface area contributed by atoms with Crippen LogP contribution in [0.25, 0.3) is 55.3 Å². The van der Waals surface area contributed by atoms with Crippen LogP contribution in [0.4, 0.5) is 17.1 Å². The molecule has 2 heterocycles. The molecule has 0 unspecified atom stereocenters. The van der Waals surface area contributed by atoms with E-state index in [1.54, 1.807) is 0 Å². The largest absolute Gasteiger partial charge is 0.457 e. The van der Waals surface area contributed by atoms with Gasteiger partial charge in [0.1, 0.15) is 23.0 Å². The SMILES string of the molecule is CC1(C)c2ccccc2Oc2ccc(-c3ccc(N(c4ccc(-c5ccc6c(c5)C(C)(C)c5ccccc5O6)cc4)c4ccc(-c5ccccc5-c5cccc6ccccc56)cc4)cc3)cc21. The van der Waals surface area contributed by atoms with Crippen molar-refractivity contribution >= 4 is 27.8 Å². The zero-order valence-electron chi connectivity index (χ0n) is 38.1.